The molecular weight excluding hydrogens is 358 g/mol. The van der Waals surface area contributed by atoms with Crippen molar-refractivity contribution in [1.82, 2.24) is 0 Å². The van der Waals surface area contributed by atoms with Gasteiger partial charge in [-0.15, -0.1) is 0 Å². The van der Waals surface area contributed by atoms with Crippen LogP contribution in [-0.4, -0.2) is 5.71 Å². The van der Waals surface area contributed by atoms with Crippen LogP contribution in [0.3, 0.4) is 0 Å². The van der Waals surface area contributed by atoms with Gasteiger partial charge in [0.05, 0.1) is 5.71 Å². The number of benzene rings is 3. The number of hydrogen-bond donors (Lipinski definition) is 0. The molecule has 0 radical (unpaired) electrons. The summed E-state index contributed by atoms with van der Waals surface area (Å²) in [7, 11) is 0. The molecule has 3 rings (SSSR count). The van der Waals surface area contributed by atoms with Gasteiger partial charge in [-0.05, 0) is 53.4 Å². The molecule has 3 aromatic carbocycles. The lowest BCUT2D eigenvalue weighted by Gasteiger charge is -2.11. The summed E-state index contributed by atoms with van der Waals surface area (Å²) in [6.07, 6.45) is 0. The molecule has 0 aliphatic heterocycles. The van der Waals surface area contributed by atoms with Crippen LogP contribution in [-0.2, 0) is 11.4 Å². The maximum Gasteiger partial charge on any atom is 0.142 e. The quantitative estimate of drug-likeness (QED) is 0.337. The SMILES string of the molecule is CC(C)C(=NOCc1cccc(Oc2ccccc2)c1)c1ccc(Cl)cc1. The van der Waals surface area contributed by atoms with Gasteiger partial charge in [0.25, 0.3) is 0 Å². The van der Waals surface area contributed by atoms with E-state index in [-0.39, 0.29) is 5.92 Å². The van der Waals surface area contributed by atoms with Gasteiger partial charge in [0.2, 0.25) is 0 Å². The van der Waals surface area contributed by atoms with Crippen molar-refractivity contribution in [2.24, 2.45) is 11.1 Å². The average Bonchev–Trinajstić information content (AvgIpc) is 2.67. The van der Waals surface area contributed by atoms with Gasteiger partial charge in [-0.1, -0.05) is 73.1 Å². The van der Waals surface area contributed by atoms with Crippen molar-refractivity contribution in [2.75, 3.05) is 0 Å². The molecule has 3 nitrogen and oxygen atoms in total. The van der Waals surface area contributed by atoms with E-state index in [0.29, 0.717) is 11.6 Å². The highest BCUT2D eigenvalue weighted by molar-refractivity contribution is 6.30. The topological polar surface area (TPSA) is 30.8 Å². The van der Waals surface area contributed by atoms with E-state index < -0.39 is 0 Å². The number of halogens is 1. The zero-order valence-corrected chi connectivity index (χ0v) is 16.2. The minimum absolute atomic E-state index is 0.235. The Balaban J connectivity index is 1.67. The summed E-state index contributed by atoms with van der Waals surface area (Å²) in [6.45, 7) is 4.55. The van der Waals surface area contributed by atoms with E-state index in [0.717, 1.165) is 28.3 Å². The first-order valence-corrected chi connectivity index (χ1v) is 9.27. The van der Waals surface area contributed by atoms with Crippen molar-refractivity contribution in [3.63, 3.8) is 0 Å². The fourth-order valence-corrected chi connectivity index (χ4v) is 2.74. The van der Waals surface area contributed by atoms with Gasteiger partial charge in [-0.25, -0.2) is 0 Å². The molecule has 4 heteroatoms. The molecule has 0 aliphatic rings. The summed E-state index contributed by atoms with van der Waals surface area (Å²) >= 11 is 5.97. The molecule has 0 heterocycles. The standard InChI is InChI=1S/C23H22ClNO2/c1-17(2)23(19-11-13-20(24)14-12-19)25-26-16-18-7-6-10-22(15-18)27-21-8-4-3-5-9-21/h3-15,17H,16H2,1-2H3. The van der Waals surface area contributed by atoms with Gasteiger partial charge in [0.1, 0.15) is 18.1 Å². The maximum absolute atomic E-state index is 5.97. The second kappa shape index (κ2) is 9.24. The molecule has 0 unspecified atom stereocenters. The third-order valence-electron chi connectivity index (χ3n) is 3.96. The van der Waals surface area contributed by atoms with Crippen molar-refractivity contribution in [2.45, 2.75) is 20.5 Å². The molecule has 0 fully saturated rings. The van der Waals surface area contributed by atoms with Gasteiger partial charge in [-0.2, -0.15) is 0 Å². The number of rotatable bonds is 7. The van der Waals surface area contributed by atoms with Crippen LogP contribution in [0.15, 0.2) is 84.0 Å². The van der Waals surface area contributed by atoms with E-state index in [4.69, 9.17) is 21.2 Å². The summed E-state index contributed by atoms with van der Waals surface area (Å²) in [5.74, 6) is 1.81. The van der Waals surface area contributed by atoms with Crippen molar-refractivity contribution in [1.29, 1.82) is 0 Å². The highest BCUT2D eigenvalue weighted by Gasteiger charge is 2.09. The zero-order valence-electron chi connectivity index (χ0n) is 15.4. The molecule has 138 valence electrons. The Labute approximate surface area is 165 Å². The van der Waals surface area contributed by atoms with E-state index in [1.807, 2.05) is 78.9 Å². The molecule has 0 N–H and O–H groups in total. The zero-order chi connectivity index (χ0) is 19.1. The van der Waals surface area contributed by atoms with Crippen LogP contribution in [0.25, 0.3) is 0 Å². The number of para-hydroxylation sites is 1. The highest BCUT2D eigenvalue weighted by Crippen LogP contribution is 2.22. The summed E-state index contributed by atoms with van der Waals surface area (Å²) in [5, 5.41) is 5.07. The van der Waals surface area contributed by atoms with Crippen LogP contribution < -0.4 is 4.74 Å². The molecule has 0 bridgehead atoms. The first-order chi connectivity index (χ1) is 13.1. The minimum Gasteiger partial charge on any atom is -0.457 e. The Kier molecular flexibility index (Phi) is 6.50. The number of hydrogen-bond acceptors (Lipinski definition) is 3. The number of ether oxygens (including phenoxy) is 1. The second-order valence-corrected chi connectivity index (χ2v) is 6.91. The molecule has 27 heavy (non-hydrogen) atoms. The van der Waals surface area contributed by atoms with E-state index >= 15 is 0 Å². The lowest BCUT2D eigenvalue weighted by molar-refractivity contribution is 0.129. The van der Waals surface area contributed by atoms with Gasteiger partial charge in [0, 0.05) is 5.02 Å². The third-order valence-corrected chi connectivity index (χ3v) is 4.21. The van der Waals surface area contributed by atoms with Crippen molar-refractivity contribution in [3.8, 4) is 11.5 Å². The lowest BCUT2D eigenvalue weighted by atomic mass is 10.0. The second-order valence-electron chi connectivity index (χ2n) is 6.47. The number of nitrogens with zero attached hydrogens (tertiary/aromatic N) is 1. The van der Waals surface area contributed by atoms with Gasteiger partial charge < -0.3 is 9.57 Å². The predicted molar refractivity (Wildman–Crippen MR) is 111 cm³/mol. The normalized spacial score (nSPS) is 11.5. The van der Waals surface area contributed by atoms with E-state index in [1.54, 1.807) is 0 Å². The fourth-order valence-electron chi connectivity index (χ4n) is 2.61. The predicted octanol–water partition coefficient (Wildman–Crippen LogP) is 6.71. The van der Waals surface area contributed by atoms with Crippen molar-refractivity contribution in [3.05, 3.63) is 95.0 Å². The molecule has 0 aromatic heterocycles. The van der Waals surface area contributed by atoms with Gasteiger partial charge >= 0.3 is 0 Å². The smallest absolute Gasteiger partial charge is 0.142 e. The lowest BCUT2D eigenvalue weighted by Crippen LogP contribution is -2.10. The molecule has 0 aliphatic carbocycles. The first kappa shape index (κ1) is 19.0. The van der Waals surface area contributed by atoms with Crippen molar-refractivity contribution >= 4 is 17.3 Å². The van der Waals surface area contributed by atoms with Crippen LogP contribution in [0.4, 0.5) is 0 Å². The summed E-state index contributed by atoms with van der Waals surface area (Å²) in [6, 6.07) is 25.2. The molecule has 3 aromatic rings. The van der Waals surface area contributed by atoms with Crippen molar-refractivity contribution < 1.29 is 9.57 Å². The van der Waals surface area contributed by atoms with Gasteiger partial charge in [-0.3, -0.25) is 0 Å². The molecule has 0 spiro atoms. The monoisotopic (exact) mass is 379 g/mol. The maximum atomic E-state index is 5.97. The van der Waals surface area contributed by atoms with Crippen LogP contribution in [0, 0.1) is 5.92 Å². The van der Waals surface area contributed by atoms with Crippen LogP contribution in [0.2, 0.25) is 5.02 Å². The fraction of sp³-hybridized carbons (Fsp3) is 0.174. The Morgan fingerprint density at radius 1 is 0.889 bits per heavy atom. The summed E-state index contributed by atoms with van der Waals surface area (Å²) in [4.78, 5) is 5.63. The molecule has 0 amide bonds. The Bertz CT molecular complexity index is 890. The Morgan fingerprint density at radius 2 is 1.59 bits per heavy atom. The summed E-state index contributed by atoms with van der Waals surface area (Å²) < 4.78 is 5.86. The largest absolute Gasteiger partial charge is 0.457 e. The average molecular weight is 380 g/mol. The molecular formula is C23H22ClNO2. The molecule has 0 saturated heterocycles. The van der Waals surface area contributed by atoms with Gasteiger partial charge in [0.15, 0.2) is 0 Å². The van der Waals surface area contributed by atoms with E-state index in [2.05, 4.69) is 19.0 Å². The first-order valence-electron chi connectivity index (χ1n) is 8.89. The Hall–Kier alpha value is -2.78. The minimum atomic E-state index is 0.235. The third kappa shape index (κ3) is 5.60. The molecule has 0 saturated carbocycles. The highest BCUT2D eigenvalue weighted by atomic mass is 35.5. The number of oxime groups is 1. The Morgan fingerprint density at radius 3 is 2.30 bits per heavy atom. The van der Waals surface area contributed by atoms with Crippen LogP contribution in [0.5, 0.6) is 11.5 Å². The van der Waals surface area contributed by atoms with E-state index in [1.165, 1.54) is 0 Å². The van der Waals surface area contributed by atoms with Crippen LogP contribution >= 0.6 is 11.6 Å². The summed E-state index contributed by atoms with van der Waals surface area (Å²) in [5.41, 5.74) is 2.89. The molecule has 0 atom stereocenters. The van der Waals surface area contributed by atoms with E-state index in [9.17, 15) is 0 Å². The van der Waals surface area contributed by atoms with Crippen LogP contribution in [0.1, 0.15) is 25.0 Å².